The van der Waals surface area contributed by atoms with E-state index in [-0.39, 0.29) is 17.6 Å². The molecule has 0 spiro atoms. The van der Waals surface area contributed by atoms with Crippen LogP contribution in [0.25, 0.3) is 0 Å². The Balaban J connectivity index is 1.74. The maximum absolute atomic E-state index is 12.5. The van der Waals surface area contributed by atoms with E-state index in [1.807, 2.05) is 11.4 Å². The van der Waals surface area contributed by atoms with Gasteiger partial charge in [0.15, 0.2) is 0 Å². The third-order valence-electron chi connectivity index (χ3n) is 3.46. The molecule has 1 aromatic heterocycles. The second-order valence-electron chi connectivity index (χ2n) is 5.06. The summed E-state index contributed by atoms with van der Waals surface area (Å²) in [7, 11) is 0. The fraction of sp³-hybridized carbons (Fsp3) is 0.250. The molecule has 1 aromatic carbocycles. The van der Waals surface area contributed by atoms with Crippen LogP contribution in [0.2, 0.25) is 0 Å². The van der Waals surface area contributed by atoms with Gasteiger partial charge in [-0.3, -0.25) is 9.59 Å². The Hall–Kier alpha value is -1.79. The molecule has 1 unspecified atom stereocenters. The zero-order valence-electron chi connectivity index (χ0n) is 11.7. The summed E-state index contributed by atoms with van der Waals surface area (Å²) in [6.45, 7) is 0. The second kappa shape index (κ2) is 6.54. The molecule has 2 heterocycles. The number of aryl methyl sites for hydroxylation is 1. The topological polar surface area (TPSA) is 66.4 Å². The predicted molar refractivity (Wildman–Crippen MR) is 89.6 cm³/mol. The summed E-state index contributed by atoms with van der Waals surface area (Å²) in [4.78, 5) is 24.6. The second-order valence-corrected chi connectivity index (χ2v) is 7.27. The van der Waals surface area contributed by atoms with E-state index in [2.05, 4.69) is 5.32 Å². The van der Waals surface area contributed by atoms with Crippen LogP contribution in [0.5, 0.6) is 0 Å². The van der Waals surface area contributed by atoms with Crippen LogP contribution in [0.4, 0.5) is 5.69 Å². The van der Waals surface area contributed by atoms with Gasteiger partial charge in [0, 0.05) is 10.6 Å². The fourth-order valence-electron chi connectivity index (χ4n) is 2.50. The monoisotopic (exact) mass is 333 g/mol. The molecule has 22 heavy (non-hydrogen) atoms. The summed E-state index contributed by atoms with van der Waals surface area (Å²) in [5.74, 6) is 0.0241. The van der Waals surface area contributed by atoms with Crippen molar-refractivity contribution in [3.8, 4) is 0 Å². The van der Waals surface area contributed by atoms with Crippen LogP contribution in [0, 0.1) is 0 Å². The molecule has 0 fully saturated rings. The zero-order valence-corrected chi connectivity index (χ0v) is 13.4. The van der Waals surface area contributed by atoms with E-state index < -0.39 is 5.97 Å². The molecular weight excluding hydrogens is 318 g/mol. The molecule has 1 atom stereocenters. The lowest BCUT2D eigenvalue weighted by molar-refractivity contribution is -0.136. The molecule has 114 valence electrons. The zero-order chi connectivity index (χ0) is 15.5. The van der Waals surface area contributed by atoms with Crippen LogP contribution in [0.3, 0.4) is 0 Å². The first-order valence-corrected chi connectivity index (χ1v) is 8.86. The van der Waals surface area contributed by atoms with E-state index in [1.165, 1.54) is 4.88 Å². The summed E-state index contributed by atoms with van der Waals surface area (Å²) < 4.78 is 0. The minimum Gasteiger partial charge on any atom is -0.481 e. The number of anilines is 1. The number of thiophene rings is 1. The molecule has 6 heteroatoms. The molecule has 0 radical (unpaired) electrons. The lowest BCUT2D eigenvalue weighted by Gasteiger charge is -2.21. The molecule has 2 N–H and O–H groups in total. The number of fused-ring (bicyclic) bond motifs is 1. The summed E-state index contributed by atoms with van der Waals surface area (Å²) in [6, 6.07) is 9.03. The molecule has 0 saturated heterocycles. The number of rotatable bonds is 4. The molecule has 1 amide bonds. The molecule has 4 nitrogen and oxygen atoms in total. The summed E-state index contributed by atoms with van der Waals surface area (Å²) in [5.41, 5.74) is 2.44. The van der Waals surface area contributed by atoms with Gasteiger partial charge in [-0.25, -0.2) is 0 Å². The Morgan fingerprint density at radius 3 is 3.00 bits per heavy atom. The van der Waals surface area contributed by atoms with E-state index in [0.717, 1.165) is 17.7 Å². The number of amides is 1. The van der Waals surface area contributed by atoms with Gasteiger partial charge in [0.25, 0.3) is 0 Å². The molecule has 1 aliphatic heterocycles. The Labute approximate surface area is 136 Å². The SMILES string of the molecule is O=C(O)Cc1cccc(NC(=O)C2SCCc3sccc32)c1. The van der Waals surface area contributed by atoms with Crippen molar-refractivity contribution in [3.05, 3.63) is 51.7 Å². The average Bonchev–Trinajstić information content (AvgIpc) is 2.95. The van der Waals surface area contributed by atoms with Gasteiger partial charge in [-0.2, -0.15) is 0 Å². The van der Waals surface area contributed by atoms with E-state index in [4.69, 9.17) is 5.11 Å². The van der Waals surface area contributed by atoms with Crippen LogP contribution in [-0.4, -0.2) is 22.7 Å². The molecular formula is C16H15NO3S2. The normalized spacial score (nSPS) is 16.8. The number of carbonyl (C=O) groups excluding carboxylic acids is 1. The first kappa shape index (κ1) is 15.1. The van der Waals surface area contributed by atoms with Gasteiger partial charge in [0.2, 0.25) is 5.91 Å². The molecule has 3 rings (SSSR count). The predicted octanol–water partition coefficient (Wildman–Crippen LogP) is 3.34. The number of hydrogen-bond donors (Lipinski definition) is 2. The van der Waals surface area contributed by atoms with E-state index in [1.54, 1.807) is 47.4 Å². The number of benzene rings is 1. The maximum Gasteiger partial charge on any atom is 0.307 e. The molecule has 2 aromatic rings. The smallest absolute Gasteiger partial charge is 0.307 e. The largest absolute Gasteiger partial charge is 0.481 e. The van der Waals surface area contributed by atoms with Gasteiger partial charge in [0.1, 0.15) is 5.25 Å². The van der Waals surface area contributed by atoms with Crippen LogP contribution in [-0.2, 0) is 22.4 Å². The minimum atomic E-state index is -0.880. The van der Waals surface area contributed by atoms with Crippen LogP contribution >= 0.6 is 23.1 Å². The average molecular weight is 333 g/mol. The first-order valence-electron chi connectivity index (χ1n) is 6.93. The number of nitrogens with one attached hydrogen (secondary N) is 1. The third kappa shape index (κ3) is 3.34. The molecule has 0 aliphatic carbocycles. The van der Waals surface area contributed by atoms with Crippen LogP contribution < -0.4 is 5.32 Å². The summed E-state index contributed by atoms with van der Waals surface area (Å²) in [6.07, 6.45) is 0.978. The van der Waals surface area contributed by atoms with Gasteiger partial charge in [-0.05, 0) is 46.9 Å². The first-order chi connectivity index (χ1) is 10.6. The van der Waals surface area contributed by atoms with Crippen molar-refractivity contribution in [2.75, 3.05) is 11.1 Å². The number of carboxylic acids is 1. The van der Waals surface area contributed by atoms with Crippen molar-refractivity contribution in [3.63, 3.8) is 0 Å². The number of carboxylic acid groups (broad SMARTS) is 1. The molecule has 0 saturated carbocycles. The van der Waals surface area contributed by atoms with E-state index in [0.29, 0.717) is 11.3 Å². The Morgan fingerprint density at radius 1 is 1.32 bits per heavy atom. The van der Waals surface area contributed by atoms with Gasteiger partial charge < -0.3 is 10.4 Å². The summed E-state index contributed by atoms with van der Waals surface area (Å²) in [5, 5.41) is 13.6. The van der Waals surface area contributed by atoms with Gasteiger partial charge >= 0.3 is 5.97 Å². The van der Waals surface area contributed by atoms with Crippen molar-refractivity contribution >= 4 is 40.7 Å². The van der Waals surface area contributed by atoms with Crippen molar-refractivity contribution < 1.29 is 14.7 Å². The minimum absolute atomic E-state index is 0.0446. The maximum atomic E-state index is 12.5. The molecule has 0 bridgehead atoms. The highest BCUT2D eigenvalue weighted by molar-refractivity contribution is 8.00. The number of hydrogen-bond acceptors (Lipinski definition) is 4. The van der Waals surface area contributed by atoms with Crippen molar-refractivity contribution in [2.24, 2.45) is 0 Å². The van der Waals surface area contributed by atoms with Crippen molar-refractivity contribution in [1.82, 2.24) is 0 Å². The fourth-order valence-corrected chi connectivity index (χ4v) is 4.80. The Bertz CT molecular complexity index is 711. The van der Waals surface area contributed by atoms with E-state index >= 15 is 0 Å². The highest BCUT2D eigenvalue weighted by Gasteiger charge is 2.28. The van der Waals surface area contributed by atoms with Crippen LogP contribution in [0.15, 0.2) is 35.7 Å². The van der Waals surface area contributed by atoms with Crippen molar-refractivity contribution in [2.45, 2.75) is 18.1 Å². The third-order valence-corrected chi connectivity index (χ3v) is 5.70. The van der Waals surface area contributed by atoms with Crippen molar-refractivity contribution in [1.29, 1.82) is 0 Å². The standard InChI is InChI=1S/C16H15NO3S2/c18-14(19)9-10-2-1-3-11(8-10)17-16(20)15-12-4-6-21-13(12)5-7-22-15/h1-4,6,8,15H,5,7,9H2,(H,17,20)(H,18,19). The summed E-state index contributed by atoms with van der Waals surface area (Å²) >= 11 is 3.36. The lowest BCUT2D eigenvalue weighted by Crippen LogP contribution is -2.22. The quantitative estimate of drug-likeness (QED) is 0.900. The van der Waals surface area contributed by atoms with Gasteiger partial charge in [-0.1, -0.05) is 12.1 Å². The number of carbonyl (C=O) groups is 2. The highest BCUT2D eigenvalue weighted by atomic mass is 32.2. The Kier molecular flexibility index (Phi) is 4.49. The van der Waals surface area contributed by atoms with E-state index in [9.17, 15) is 9.59 Å². The lowest BCUT2D eigenvalue weighted by atomic mass is 10.1. The van der Waals surface area contributed by atoms with Gasteiger partial charge in [0.05, 0.1) is 6.42 Å². The number of thioether (sulfide) groups is 1. The van der Waals surface area contributed by atoms with Gasteiger partial charge in [-0.15, -0.1) is 23.1 Å². The highest BCUT2D eigenvalue weighted by Crippen LogP contribution is 2.39. The van der Waals surface area contributed by atoms with Crippen LogP contribution in [0.1, 0.15) is 21.3 Å². The molecule has 1 aliphatic rings. The Morgan fingerprint density at radius 2 is 2.18 bits per heavy atom. The number of aliphatic carboxylic acids is 1.